The summed E-state index contributed by atoms with van der Waals surface area (Å²) in [5.41, 5.74) is -0.270. The van der Waals surface area contributed by atoms with Gasteiger partial charge in [-0.25, -0.2) is 0 Å². The van der Waals surface area contributed by atoms with Gasteiger partial charge < -0.3 is 19.6 Å². The van der Waals surface area contributed by atoms with Crippen LogP contribution in [0, 0.1) is 0 Å². The molecule has 10 heteroatoms. The lowest BCUT2D eigenvalue weighted by atomic mass is 10.2. The molecule has 0 spiro atoms. The van der Waals surface area contributed by atoms with E-state index in [0.717, 1.165) is 6.07 Å². The van der Waals surface area contributed by atoms with E-state index < -0.39 is 34.5 Å². The van der Waals surface area contributed by atoms with Gasteiger partial charge in [-0.2, -0.15) is 8.42 Å². The zero-order valence-electron chi connectivity index (χ0n) is 7.56. The molecule has 0 aliphatic rings. The molecule has 0 amide bonds. The second-order valence-corrected chi connectivity index (χ2v) is 3.75. The van der Waals surface area contributed by atoms with Crippen LogP contribution in [0.4, 0.5) is 0 Å². The maximum Gasteiger partial charge on any atom is 0.448 e. The Morgan fingerprint density at radius 3 is 2.38 bits per heavy atom. The first-order valence-corrected chi connectivity index (χ1v) is 5.08. The van der Waals surface area contributed by atoms with E-state index >= 15 is 0 Å². The number of nitrogens with zero attached hydrogens (tertiary/aromatic N) is 1. The van der Waals surface area contributed by atoms with E-state index in [1.807, 2.05) is 0 Å². The van der Waals surface area contributed by atoms with Gasteiger partial charge >= 0.3 is 16.4 Å². The van der Waals surface area contributed by atoms with Crippen LogP contribution < -0.4 is 0 Å². The zero-order chi connectivity index (χ0) is 12.5. The van der Waals surface area contributed by atoms with Gasteiger partial charge in [-0.15, -0.1) is 4.73 Å². The van der Waals surface area contributed by atoms with E-state index in [2.05, 4.69) is 4.18 Å². The smallest absolute Gasteiger partial charge is 0.448 e. The van der Waals surface area contributed by atoms with Gasteiger partial charge in [0, 0.05) is 11.6 Å². The SMILES string of the molecule is O=C(Cc1cc(O)n(O)c1O)OS(=O)(=O)O. The second-order valence-electron chi connectivity index (χ2n) is 2.72. The highest BCUT2D eigenvalue weighted by atomic mass is 32.3. The first kappa shape index (κ1) is 12.1. The second kappa shape index (κ2) is 3.90. The Morgan fingerprint density at radius 1 is 1.44 bits per heavy atom. The molecule has 0 atom stereocenters. The van der Waals surface area contributed by atoms with Crippen LogP contribution >= 0.6 is 0 Å². The normalized spacial score (nSPS) is 11.3. The lowest BCUT2D eigenvalue weighted by Gasteiger charge is -1.99. The molecule has 0 unspecified atom stereocenters. The average molecular weight is 253 g/mol. The predicted molar refractivity (Wildman–Crippen MR) is 46.3 cm³/mol. The molecule has 0 saturated carbocycles. The fraction of sp³-hybridized carbons (Fsp3) is 0.167. The van der Waals surface area contributed by atoms with Crippen LogP contribution in [0.2, 0.25) is 0 Å². The maximum absolute atomic E-state index is 10.9. The molecule has 0 aliphatic carbocycles. The third kappa shape index (κ3) is 2.77. The summed E-state index contributed by atoms with van der Waals surface area (Å²) < 4.78 is 32.0. The minimum Gasteiger partial charge on any atom is -0.492 e. The number of aromatic hydroxyl groups is 2. The van der Waals surface area contributed by atoms with Crippen molar-refractivity contribution in [3.05, 3.63) is 11.6 Å². The topological polar surface area (TPSA) is 146 Å². The largest absolute Gasteiger partial charge is 0.492 e. The monoisotopic (exact) mass is 253 g/mol. The molecule has 1 aromatic rings. The van der Waals surface area contributed by atoms with Crippen molar-refractivity contribution in [2.45, 2.75) is 6.42 Å². The van der Waals surface area contributed by atoms with Crippen molar-refractivity contribution >= 4 is 16.4 Å². The van der Waals surface area contributed by atoms with Crippen LogP contribution in [-0.2, 0) is 25.8 Å². The van der Waals surface area contributed by atoms with Crippen LogP contribution in [0.5, 0.6) is 11.8 Å². The van der Waals surface area contributed by atoms with Gasteiger partial charge in [-0.3, -0.25) is 9.35 Å². The van der Waals surface area contributed by atoms with E-state index in [4.69, 9.17) is 20.0 Å². The summed E-state index contributed by atoms with van der Waals surface area (Å²) in [5, 5.41) is 26.9. The Hall–Kier alpha value is -1.94. The number of hydrogen-bond acceptors (Lipinski definition) is 7. The van der Waals surface area contributed by atoms with E-state index in [-0.39, 0.29) is 10.3 Å². The van der Waals surface area contributed by atoms with Gasteiger partial charge in [0.1, 0.15) is 0 Å². The molecule has 0 aliphatic heterocycles. The highest BCUT2D eigenvalue weighted by Gasteiger charge is 2.20. The summed E-state index contributed by atoms with van der Waals surface area (Å²) in [7, 11) is -4.92. The molecule has 16 heavy (non-hydrogen) atoms. The third-order valence-electron chi connectivity index (χ3n) is 1.54. The van der Waals surface area contributed by atoms with E-state index in [9.17, 15) is 13.2 Å². The first-order valence-electron chi connectivity index (χ1n) is 3.72. The Morgan fingerprint density at radius 2 is 2.00 bits per heavy atom. The third-order valence-corrected chi connectivity index (χ3v) is 1.94. The quantitative estimate of drug-likeness (QED) is 0.397. The van der Waals surface area contributed by atoms with Gasteiger partial charge in [0.15, 0.2) is 0 Å². The molecule has 0 fully saturated rings. The molecule has 90 valence electrons. The first-order chi connectivity index (χ1) is 7.20. The summed E-state index contributed by atoms with van der Waals surface area (Å²) >= 11 is 0. The Bertz CT molecular complexity index is 515. The molecule has 9 nitrogen and oxygen atoms in total. The molecule has 0 radical (unpaired) electrons. The molecule has 1 heterocycles. The number of rotatable bonds is 3. The van der Waals surface area contributed by atoms with Crippen LogP contribution in [-0.4, -0.2) is 39.1 Å². The summed E-state index contributed by atoms with van der Waals surface area (Å²) in [6.07, 6.45) is -0.757. The van der Waals surface area contributed by atoms with E-state index in [1.165, 1.54) is 0 Å². The predicted octanol–water partition coefficient (Wildman–Crippen LogP) is -0.975. The van der Waals surface area contributed by atoms with Crippen molar-refractivity contribution in [2.75, 3.05) is 0 Å². The highest BCUT2D eigenvalue weighted by molar-refractivity contribution is 7.81. The van der Waals surface area contributed by atoms with Gasteiger partial charge in [0.05, 0.1) is 6.42 Å². The summed E-state index contributed by atoms with van der Waals surface area (Å²) in [6.45, 7) is 0. The molecule has 0 saturated heterocycles. The van der Waals surface area contributed by atoms with Gasteiger partial charge in [-0.1, -0.05) is 0 Å². The molecule has 1 aromatic heterocycles. The highest BCUT2D eigenvalue weighted by Crippen LogP contribution is 2.25. The van der Waals surface area contributed by atoms with Crippen LogP contribution in [0.15, 0.2) is 6.07 Å². The van der Waals surface area contributed by atoms with Crippen LogP contribution in [0.3, 0.4) is 0 Å². The average Bonchev–Trinajstić information content (AvgIpc) is 2.30. The summed E-state index contributed by atoms with van der Waals surface area (Å²) in [6, 6.07) is 0.820. The van der Waals surface area contributed by atoms with Crippen molar-refractivity contribution in [1.29, 1.82) is 0 Å². The van der Waals surface area contributed by atoms with Gasteiger partial charge in [0.25, 0.3) is 0 Å². The molecular formula is C6H7NO8S. The standard InChI is InChI=1S/C6H7NO8S/c8-4-1-3(6(10)7(4)11)2-5(9)15-16(12,13)14/h1,8,10-11H,2H2,(H,12,13,14). The number of hydrogen-bond donors (Lipinski definition) is 4. The van der Waals surface area contributed by atoms with Crippen molar-refractivity contribution in [1.82, 2.24) is 4.73 Å². The fourth-order valence-electron chi connectivity index (χ4n) is 0.959. The molecule has 1 rings (SSSR count). The van der Waals surface area contributed by atoms with E-state index in [1.54, 1.807) is 0 Å². The molecular weight excluding hydrogens is 246 g/mol. The number of carbonyl (C=O) groups is 1. The van der Waals surface area contributed by atoms with Crippen molar-refractivity contribution in [3.63, 3.8) is 0 Å². The summed E-state index contributed by atoms with van der Waals surface area (Å²) in [4.78, 5) is 10.9. The van der Waals surface area contributed by atoms with Crippen LogP contribution in [0.1, 0.15) is 5.56 Å². The minimum atomic E-state index is -4.92. The van der Waals surface area contributed by atoms with Crippen molar-refractivity contribution in [3.8, 4) is 11.8 Å². The molecule has 0 bridgehead atoms. The molecule has 4 N–H and O–H groups in total. The van der Waals surface area contributed by atoms with E-state index in [0.29, 0.717) is 0 Å². The Labute approximate surface area is 89.0 Å². The molecule has 0 aromatic carbocycles. The van der Waals surface area contributed by atoms with Crippen molar-refractivity contribution in [2.24, 2.45) is 0 Å². The lowest BCUT2D eigenvalue weighted by Crippen LogP contribution is -2.13. The Balaban J connectivity index is 2.82. The maximum atomic E-state index is 10.9. The van der Waals surface area contributed by atoms with Crippen molar-refractivity contribution < 1.29 is 37.4 Å². The van der Waals surface area contributed by atoms with Gasteiger partial charge in [0.2, 0.25) is 11.8 Å². The minimum absolute atomic E-state index is 0.0178. The number of aromatic nitrogens is 1. The van der Waals surface area contributed by atoms with Crippen LogP contribution in [0.25, 0.3) is 0 Å². The summed E-state index contributed by atoms with van der Waals surface area (Å²) in [5.74, 6) is -2.97. The lowest BCUT2D eigenvalue weighted by molar-refractivity contribution is -0.133. The number of carbonyl (C=O) groups excluding carboxylic acids is 1. The Kier molecular flexibility index (Phi) is 2.96. The zero-order valence-corrected chi connectivity index (χ0v) is 8.38. The fourth-order valence-corrected chi connectivity index (χ4v) is 1.25. The van der Waals surface area contributed by atoms with Gasteiger partial charge in [-0.05, 0) is 0 Å².